The Balaban J connectivity index is 1.52. The fourth-order valence-electron chi connectivity index (χ4n) is 8.73. The lowest BCUT2D eigenvalue weighted by Crippen LogP contribution is -2.60. The average molecular weight is 400 g/mol. The van der Waals surface area contributed by atoms with Crippen molar-refractivity contribution in [3.05, 3.63) is 11.6 Å². The van der Waals surface area contributed by atoms with Crippen molar-refractivity contribution >= 4 is 5.91 Å². The van der Waals surface area contributed by atoms with Crippen molar-refractivity contribution in [1.29, 1.82) is 0 Å². The van der Waals surface area contributed by atoms with Crippen LogP contribution in [0.25, 0.3) is 0 Å². The second-order valence-electron chi connectivity index (χ2n) is 12.2. The first-order valence-corrected chi connectivity index (χ1v) is 12.7. The van der Waals surface area contributed by atoms with Gasteiger partial charge in [0.25, 0.3) is 0 Å². The predicted molar refractivity (Wildman–Crippen MR) is 121 cm³/mol. The van der Waals surface area contributed by atoms with Crippen molar-refractivity contribution in [2.45, 2.75) is 105 Å². The van der Waals surface area contributed by atoms with Crippen LogP contribution < -0.4 is 5.32 Å². The van der Waals surface area contributed by atoms with Crippen molar-refractivity contribution in [3.63, 3.8) is 0 Å². The van der Waals surface area contributed by atoms with Gasteiger partial charge in [-0.2, -0.15) is 0 Å². The van der Waals surface area contributed by atoms with E-state index in [-0.39, 0.29) is 11.3 Å². The van der Waals surface area contributed by atoms with Crippen molar-refractivity contribution < 1.29 is 4.79 Å². The molecular formula is C27H45NO. The number of hydrogen-bond acceptors (Lipinski definition) is 1. The van der Waals surface area contributed by atoms with Gasteiger partial charge in [-0.05, 0) is 86.4 Å². The second kappa shape index (κ2) is 7.72. The number of hydrogen-bond donors (Lipinski definition) is 1. The largest absolute Gasteiger partial charge is 0.349 e. The summed E-state index contributed by atoms with van der Waals surface area (Å²) in [6.07, 6.45) is 14.3. The standard InChI is InChI=1S/C27H45NO/c1-17(2)8-7-9-18(3)21-11-12-22-20-10-13-24-27(6,19(4)16-25(29)28-24)23(20)14-15-26(21,22)5/h16-18,20-24H,7-15H2,1-6H3,(H,28,29)/t18-,20+,21-,22+,23+,24-,26-,27-/m1/s1. The molecule has 2 heteroatoms. The molecule has 0 bridgehead atoms. The molecule has 1 aliphatic heterocycles. The number of carbonyl (C=O) groups excluding carboxylic acids is 1. The van der Waals surface area contributed by atoms with Crippen LogP contribution in [0.1, 0.15) is 99.3 Å². The van der Waals surface area contributed by atoms with E-state index in [4.69, 9.17) is 0 Å². The van der Waals surface area contributed by atoms with E-state index in [0.717, 1.165) is 35.5 Å². The van der Waals surface area contributed by atoms with E-state index in [1.807, 2.05) is 6.08 Å². The Kier molecular flexibility index (Phi) is 5.71. The lowest BCUT2D eigenvalue weighted by molar-refractivity contribution is -0.123. The summed E-state index contributed by atoms with van der Waals surface area (Å²) in [5, 5.41) is 3.34. The number of fused-ring (bicyclic) bond motifs is 5. The first-order chi connectivity index (χ1) is 13.7. The van der Waals surface area contributed by atoms with Gasteiger partial charge >= 0.3 is 0 Å². The van der Waals surface area contributed by atoms with Crippen molar-refractivity contribution in [1.82, 2.24) is 5.32 Å². The monoisotopic (exact) mass is 399 g/mol. The molecule has 0 spiro atoms. The van der Waals surface area contributed by atoms with E-state index in [0.29, 0.717) is 11.5 Å². The third kappa shape index (κ3) is 3.41. The van der Waals surface area contributed by atoms with E-state index >= 15 is 0 Å². The quantitative estimate of drug-likeness (QED) is 0.544. The SMILES string of the molecule is CC1=CC(=O)N[C@@H]2CC[C@H]3[C@@H]4CC[C@H]([C@H](C)CCCC(C)C)[C@@]4(C)CC[C@@H]3[C@@]12C. The molecule has 0 aromatic rings. The normalized spacial score (nSPS) is 45.1. The van der Waals surface area contributed by atoms with Gasteiger partial charge < -0.3 is 5.32 Å². The lowest BCUT2D eigenvalue weighted by atomic mass is 9.46. The summed E-state index contributed by atoms with van der Waals surface area (Å²) >= 11 is 0. The van der Waals surface area contributed by atoms with Crippen LogP contribution in [-0.2, 0) is 4.79 Å². The maximum atomic E-state index is 12.1. The summed E-state index contributed by atoms with van der Waals surface area (Å²) in [6, 6.07) is 0.359. The molecule has 2 nitrogen and oxygen atoms in total. The third-order valence-electron chi connectivity index (χ3n) is 10.4. The molecule has 3 saturated carbocycles. The van der Waals surface area contributed by atoms with Gasteiger partial charge in [-0.1, -0.05) is 59.5 Å². The zero-order chi connectivity index (χ0) is 21.0. The molecule has 0 saturated heterocycles. The van der Waals surface area contributed by atoms with Gasteiger partial charge in [0, 0.05) is 17.5 Å². The van der Waals surface area contributed by atoms with Crippen molar-refractivity contribution in [3.8, 4) is 0 Å². The minimum Gasteiger partial charge on any atom is -0.349 e. The highest BCUT2D eigenvalue weighted by molar-refractivity contribution is 5.90. The maximum absolute atomic E-state index is 12.1. The summed E-state index contributed by atoms with van der Waals surface area (Å²) < 4.78 is 0. The summed E-state index contributed by atoms with van der Waals surface area (Å²) in [5.41, 5.74) is 2.08. The molecule has 0 aromatic carbocycles. The molecule has 4 aliphatic rings. The molecular weight excluding hydrogens is 354 g/mol. The molecule has 0 unspecified atom stereocenters. The zero-order valence-electron chi connectivity index (χ0n) is 19.9. The van der Waals surface area contributed by atoms with E-state index < -0.39 is 0 Å². The van der Waals surface area contributed by atoms with E-state index in [1.54, 1.807) is 0 Å². The Bertz CT molecular complexity index is 665. The number of carbonyl (C=O) groups is 1. The van der Waals surface area contributed by atoms with Crippen LogP contribution in [-0.4, -0.2) is 11.9 Å². The fourth-order valence-corrected chi connectivity index (χ4v) is 8.73. The first kappa shape index (κ1) is 21.4. The zero-order valence-corrected chi connectivity index (χ0v) is 19.9. The van der Waals surface area contributed by atoms with E-state index in [1.165, 1.54) is 63.4 Å². The van der Waals surface area contributed by atoms with Crippen LogP contribution in [0.4, 0.5) is 0 Å². The van der Waals surface area contributed by atoms with Gasteiger partial charge in [0.1, 0.15) is 0 Å². The summed E-state index contributed by atoms with van der Waals surface area (Å²) in [5.74, 6) is 5.30. The molecule has 164 valence electrons. The van der Waals surface area contributed by atoms with Crippen LogP contribution in [0.3, 0.4) is 0 Å². The van der Waals surface area contributed by atoms with Crippen LogP contribution in [0.15, 0.2) is 11.6 Å². The fraction of sp³-hybridized carbons (Fsp3) is 0.889. The predicted octanol–water partition coefficient (Wildman–Crippen LogP) is 6.75. The lowest BCUT2D eigenvalue weighted by Gasteiger charge is -2.60. The van der Waals surface area contributed by atoms with Gasteiger partial charge in [0.05, 0.1) is 0 Å². The molecule has 0 aromatic heterocycles. The van der Waals surface area contributed by atoms with Crippen LogP contribution in [0.2, 0.25) is 0 Å². The highest BCUT2D eigenvalue weighted by Crippen LogP contribution is 2.67. The molecule has 4 rings (SSSR count). The number of nitrogens with one attached hydrogen (secondary N) is 1. The van der Waals surface area contributed by atoms with Gasteiger partial charge in [-0.3, -0.25) is 4.79 Å². The molecule has 29 heavy (non-hydrogen) atoms. The number of rotatable bonds is 5. The Morgan fingerprint density at radius 2 is 1.79 bits per heavy atom. The Morgan fingerprint density at radius 3 is 2.52 bits per heavy atom. The average Bonchev–Trinajstić information content (AvgIpc) is 3.00. The van der Waals surface area contributed by atoms with Crippen LogP contribution in [0, 0.1) is 46.3 Å². The van der Waals surface area contributed by atoms with E-state index in [2.05, 4.69) is 46.9 Å². The molecule has 1 N–H and O–H groups in total. The molecule has 3 fully saturated rings. The van der Waals surface area contributed by atoms with Gasteiger partial charge in [0.15, 0.2) is 0 Å². The van der Waals surface area contributed by atoms with Crippen molar-refractivity contribution in [2.24, 2.45) is 46.3 Å². The minimum absolute atomic E-state index is 0.139. The minimum atomic E-state index is 0.139. The first-order valence-electron chi connectivity index (χ1n) is 12.7. The highest BCUT2D eigenvalue weighted by Gasteiger charge is 2.61. The Labute approximate surface area is 179 Å². The maximum Gasteiger partial charge on any atom is 0.244 e. The molecule has 8 atom stereocenters. The number of amides is 1. The van der Waals surface area contributed by atoms with Crippen LogP contribution >= 0.6 is 0 Å². The summed E-state index contributed by atoms with van der Waals surface area (Å²) in [7, 11) is 0. The van der Waals surface area contributed by atoms with Gasteiger partial charge in [-0.15, -0.1) is 0 Å². The molecule has 3 aliphatic carbocycles. The van der Waals surface area contributed by atoms with Crippen molar-refractivity contribution in [2.75, 3.05) is 0 Å². The topological polar surface area (TPSA) is 29.1 Å². The molecule has 1 amide bonds. The summed E-state index contributed by atoms with van der Waals surface area (Å²) in [6.45, 7) is 14.7. The van der Waals surface area contributed by atoms with Crippen LogP contribution in [0.5, 0.6) is 0 Å². The summed E-state index contributed by atoms with van der Waals surface area (Å²) in [4.78, 5) is 12.1. The highest BCUT2D eigenvalue weighted by atomic mass is 16.1. The molecule has 0 radical (unpaired) electrons. The van der Waals surface area contributed by atoms with Gasteiger partial charge in [-0.25, -0.2) is 0 Å². The molecule has 1 heterocycles. The third-order valence-corrected chi connectivity index (χ3v) is 10.4. The Hall–Kier alpha value is -0.790. The second-order valence-corrected chi connectivity index (χ2v) is 12.2. The van der Waals surface area contributed by atoms with E-state index in [9.17, 15) is 4.79 Å². The smallest absolute Gasteiger partial charge is 0.244 e. The van der Waals surface area contributed by atoms with Gasteiger partial charge in [0.2, 0.25) is 5.91 Å². The Morgan fingerprint density at radius 1 is 1.03 bits per heavy atom.